The molecule has 3 unspecified atom stereocenters. The summed E-state index contributed by atoms with van der Waals surface area (Å²) in [6.07, 6.45) is 13.0. The Balaban J connectivity index is 1.49. The van der Waals surface area contributed by atoms with Gasteiger partial charge in [-0.25, -0.2) is 5.01 Å². The fraction of sp³-hybridized carbons (Fsp3) is 0.938. The Morgan fingerprint density at radius 1 is 0.842 bits per heavy atom. The Hall–Kier alpha value is -0.570. The highest BCUT2D eigenvalue weighted by Crippen LogP contribution is 2.42. The molecule has 3 rings (SSSR count). The summed E-state index contributed by atoms with van der Waals surface area (Å²) in [6, 6.07) is 0. The van der Waals surface area contributed by atoms with E-state index in [0.717, 1.165) is 37.8 Å². The topological polar surface area (TPSA) is 32.3 Å². The summed E-state index contributed by atoms with van der Waals surface area (Å²) in [5.41, 5.74) is 3.18. The van der Waals surface area contributed by atoms with E-state index in [0.29, 0.717) is 11.8 Å². The summed E-state index contributed by atoms with van der Waals surface area (Å²) >= 11 is 0. The van der Waals surface area contributed by atoms with E-state index in [1.54, 1.807) is 0 Å². The van der Waals surface area contributed by atoms with Crippen LogP contribution < -0.4 is 5.43 Å². The van der Waals surface area contributed by atoms with Crippen LogP contribution in [-0.4, -0.2) is 24.0 Å². The molecule has 2 saturated carbocycles. The van der Waals surface area contributed by atoms with Crippen LogP contribution in [0, 0.1) is 17.8 Å². The van der Waals surface area contributed by atoms with Crippen molar-refractivity contribution in [2.45, 2.75) is 64.2 Å². The molecule has 0 bridgehead atoms. The number of hydrogen-bond acceptors (Lipinski definition) is 2. The SMILES string of the molecule is O=C(NN1CCCCC1)C1CCC2CCCCC2C1. The molecule has 0 aromatic rings. The molecule has 0 spiro atoms. The summed E-state index contributed by atoms with van der Waals surface area (Å²) < 4.78 is 0. The van der Waals surface area contributed by atoms with Gasteiger partial charge in [0.15, 0.2) is 0 Å². The quantitative estimate of drug-likeness (QED) is 0.831. The van der Waals surface area contributed by atoms with Gasteiger partial charge in [0.25, 0.3) is 0 Å². The molecule has 3 atom stereocenters. The van der Waals surface area contributed by atoms with Gasteiger partial charge in [0.1, 0.15) is 0 Å². The zero-order valence-corrected chi connectivity index (χ0v) is 12.1. The lowest BCUT2D eigenvalue weighted by Crippen LogP contribution is -2.48. The number of nitrogens with one attached hydrogen (secondary N) is 1. The van der Waals surface area contributed by atoms with Crippen molar-refractivity contribution in [2.75, 3.05) is 13.1 Å². The third-order valence-electron chi connectivity index (χ3n) is 5.53. The van der Waals surface area contributed by atoms with Crippen LogP contribution in [0.15, 0.2) is 0 Å². The minimum atomic E-state index is 0.293. The van der Waals surface area contributed by atoms with Crippen molar-refractivity contribution < 1.29 is 4.79 Å². The van der Waals surface area contributed by atoms with Gasteiger partial charge in [0.2, 0.25) is 5.91 Å². The van der Waals surface area contributed by atoms with Crippen molar-refractivity contribution in [2.24, 2.45) is 17.8 Å². The van der Waals surface area contributed by atoms with Crippen LogP contribution in [0.1, 0.15) is 64.2 Å². The largest absolute Gasteiger partial charge is 0.289 e. The molecule has 3 heteroatoms. The molecule has 2 aliphatic carbocycles. The van der Waals surface area contributed by atoms with Gasteiger partial charge in [0.05, 0.1) is 0 Å². The van der Waals surface area contributed by atoms with Gasteiger partial charge in [-0.15, -0.1) is 0 Å². The Morgan fingerprint density at radius 3 is 2.37 bits per heavy atom. The molecule has 3 aliphatic rings. The van der Waals surface area contributed by atoms with Gasteiger partial charge in [0, 0.05) is 19.0 Å². The second kappa shape index (κ2) is 6.25. The smallest absolute Gasteiger partial charge is 0.237 e. The third kappa shape index (κ3) is 3.31. The minimum absolute atomic E-state index is 0.293. The van der Waals surface area contributed by atoms with Crippen LogP contribution in [0.4, 0.5) is 0 Å². The highest BCUT2D eigenvalue weighted by Gasteiger charge is 2.35. The number of carbonyl (C=O) groups excluding carboxylic acids is 1. The highest BCUT2D eigenvalue weighted by molar-refractivity contribution is 5.78. The predicted octanol–water partition coefficient (Wildman–Crippen LogP) is 3.11. The number of nitrogens with zero attached hydrogens (tertiary/aromatic N) is 1. The van der Waals surface area contributed by atoms with Crippen molar-refractivity contribution in [1.29, 1.82) is 0 Å². The van der Waals surface area contributed by atoms with E-state index >= 15 is 0 Å². The molecule has 19 heavy (non-hydrogen) atoms. The summed E-state index contributed by atoms with van der Waals surface area (Å²) in [4.78, 5) is 12.4. The van der Waals surface area contributed by atoms with E-state index in [2.05, 4.69) is 10.4 Å². The van der Waals surface area contributed by atoms with Gasteiger partial charge >= 0.3 is 0 Å². The molecular formula is C16H28N2O. The van der Waals surface area contributed by atoms with Gasteiger partial charge in [-0.1, -0.05) is 32.1 Å². The summed E-state index contributed by atoms with van der Waals surface area (Å²) in [7, 11) is 0. The molecule has 0 radical (unpaired) electrons. The normalized spacial score (nSPS) is 36.5. The van der Waals surface area contributed by atoms with Crippen LogP contribution in [0.5, 0.6) is 0 Å². The monoisotopic (exact) mass is 264 g/mol. The molecule has 1 amide bonds. The van der Waals surface area contributed by atoms with Gasteiger partial charge in [-0.3, -0.25) is 10.2 Å². The Labute approximate surface area is 117 Å². The van der Waals surface area contributed by atoms with E-state index in [-0.39, 0.29) is 0 Å². The van der Waals surface area contributed by atoms with E-state index in [1.165, 1.54) is 51.4 Å². The number of hydrogen-bond donors (Lipinski definition) is 1. The van der Waals surface area contributed by atoms with E-state index in [4.69, 9.17) is 0 Å². The minimum Gasteiger partial charge on any atom is -0.289 e. The van der Waals surface area contributed by atoms with Crippen molar-refractivity contribution in [1.82, 2.24) is 10.4 Å². The molecule has 1 heterocycles. The van der Waals surface area contributed by atoms with Crippen molar-refractivity contribution in [3.05, 3.63) is 0 Å². The van der Waals surface area contributed by atoms with E-state index < -0.39 is 0 Å². The zero-order valence-electron chi connectivity index (χ0n) is 12.1. The number of piperidine rings is 1. The van der Waals surface area contributed by atoms with Crippen LogP contribution in [0.25, 0.3) is 0 Å². The number of fused-ring (bicyclic) bond motifs is 1. The van der Waals surface area contributed by atoms with E-state index in [9.17, 15) is 4.79 Å². The fourth-order valence-electron chi connectivity index (χ4n) is 4.36. The predicted molar refractivity (Wildman–Crippen MR) is 76.4 cm³/mol. The Kier molecular flexibility index (Phi) is 4.42. The Bertz CT molecular complexity index is 312. The van der Waals surface area contributed by atoms with Gasteiger partial charge < -0.3 is 0 Å². The summed E-state index contributed by atoms with van der Waals surface area (Å²) in [5, 5.41) is 2.15. The molecule has 1 saturated heterocycles. The highest BCUT2D eigenvalue weighted by atomic mass is 16.2. The first-order chi connectivity index (χ1) is 9.33. The molecule has 3 nitrogen and oxygen atoms in total. The Morgan fingerprint density at radius 2 is 1.58 bits per heavy atom. The van der Waals surface area contributed by atoms with E-state index in [1.807, 2.05) is 0 Å². The molecule has 108 valence electrons. The average molecular weight is 264 g/mol. The van der Waals surface area contributed by atoms with Crippen molar-refractivity contribution >= 4 is 5.91 Å². The summed E-state index contributed by atoms with van der Waals surface area (Å²) in [6.45, 7) is 2.09. The van der Waals surface area contributed by atoms with Crippen LogP contribution in [-0.2, 0) is 4.79 Å². The average Bonchev–Trinajstić information content (AvgIpc) is 2.48. The van der Waals surface area contributed by atoms with Crippen LogP contribution >= 0.6 is 0 Å². The lowest BCUT2D eigenvalue weighted by atomic mass is 9.67. The first-order valence-corrected chi connectivity index (χ1v) is 8.38. The van der Waals surface area contributed by atoms with Crippen molar-refractivity contribution in [3.8, 4) is 0 Å². The van der Waals surface area contributed by atoms with Crippen molar-refractivity contribution in [3.63, 3.8) is 0 Å². The number of rotatable bonds is 2. The molecular weight excluding hydrogens is 236 g/mol. The first-order valence-electron chi connectivity index (χ1n) is 8.38. The molecule has 0 aromatic heterocycles. The number of hydrazine groups is 1. The van der Waals surface area contributed by atoms with Gasteiger partial charge in [-0.2, -0.15) is 0 Å². The summed E-state index contributed by atoms with van der Waals surface area (Å²) in [5.74, 6) is 2.39. The molecule has 1 aliphatic heterocycles. The van der Waals surface area contributed by atoms with Crippen LogP contribution in [0.2, 0.25) is 0 Å². The maximum Gasteiger partial charge on any atom is 0.237 e. The molecule has 0 aromatic carbocycles. The lowest BCUT2D eigenvalue weighted by molar-refractivity contribution is -0.132. The third-order valence-corrected chi connectivity index (χ3v) is 5.53. The zero-order chi connectivity index (χ0) is 13.1. The van der Waals surface area contributed by atoms with Gasteiger partial charge in [-0.05, 0) is 43.9 Å². The number of carbonyl (C=O) groups is 1. The first kappa shape index (κ1) is 13.4. The fourth-order valence-corrected chi connectivity index (χ4v) is 4.36. The maximum atomic E-state index is 12.4. The second-order valence-corrected chi connectivity index (χ2v) is 6.84. The standard InChI is InChI=1S/C16H28N2O/c19-16(17-18-10-4-1-5-11-18)15-9-8-13-6-2-3-7-14(13)12-15/h13-15H,1-12H2,(H,17,19). The second-order valence-electron chi connectivity index (χ2n) is 6.84. The maximum absolute atomic E-state index is 12.4. The molecule has 3 fully saturated rings. The lowest BCUT2D eigenvalue weighted by Gasteiger charge is -2.39. The van der Waals surface area contributed by atoms with Crippen LogP contribution in [0.3, 0.4) is 0 Å². The molecule has 1 N–H and O–H groups in total. The number of amides is 1.